The fraction of sp³-hybridized carbons (Fsp3) is 0.300. The number of amides is 2. The van der Waals surface area contributed by atoms with E-state index in [4.69, 9.17) is 0 Å². The SMILES string of the molecule is CC(C)NS(=O)(=O)Cc1ccccc1CNC(=O)CNC(=O)c1ccc(F)cc1F. The van der Waals surface area contributed by atoms with Crippen LogP contribution in [-0.4, -0.2) is 32.8 Å². The van der Waals surface area contributed by atoms with Gasteiger partial charge in [-0.2, -0.15) is 0 Å². The van der Waals surface area contributed by atoms with Crippen molar-refractivity contribution >= 4 is 21.8 Å². The summed E-state index contributed by atoms with van der Waals surface area (Å²) in [6.07, 6.45) is 0. The number of hydrogen-bond acceptors (Lipinski definition) is 4. The smallest absolute Gasteiger partial charge is 0.254 e. The van der Waals surface area contributed by atoms with Gasteiger partial charge in [0.1, 0.15) is 11.6 Å². The molecule has 2 rings (SSSR count). The van der Waals surface area contributed by atoms with Crippen LogP contribution in [0.3, 0.4) is 0 Å². The first-order valence-electron chi connectivity index (χ1n) is 9.14. The Balaban J connectivity index is 1.93. The first-order chi connectivity index (χ1) is 14.1. The van der Waals surface area contributed by atoms with Gasteiger partial charge in [-0.15, -0.1) is 0 Å². The molecular weight excluding hydrogens is 416 g/mol. The minimum atomic E-state index is -3.54. The highest BCUT2D eigenvalue weighted by atomic mass is 32.2. The van der Waals surface area contributed by atoms with E-state index in [1.54, 1.807) is 38.1 Å². The number of nitrogens with one attached hydrogen (secondary N) is 3. The van der Waals surface area contributed by atoms with E-state index in [0.29, 0.717) is 17.2 Å². The van der Waals surface area contributed by atoms with Crippen molar-refractivity contribution < 1.29 is 26.8 Å². The van der Waals surface area contributed by atoms with Crippen molar-refractivity contribution in [2.75, 3.05) is 6.54 Å². The van der Waals surface area contributed by atoms with Gasteiger partial charge >= 0.3 is 0 Å². The van der Waals surface area contributed by atoms with Crippen molar-refractivity contribution in [1.82, 2.24) is 15.4 Å². The average Bonchev–Trinajstić information content (AvgIpc) is 2.64. The zero-order chi connectivity index (χ0) is 22.3. The van der Waals surface area contributed by atoms with Gasteiger partial charge in [0.25, 0.3) is 5.91 Å². The Morgan fingerprint density at radius 1 is 1.00 bits per heavy atom. The fourth-order valence-corrected chi connectivity index (χ4v) is 4.15. The third-order valence-corrected chi connectivity index (χ3v) is 5.46. The van der Waals surface area contributed by atoms with Crippen molar-refractivity contribution in [2.24, 2.45) is 0 Å². The molecule has 7 nitrogen and oxygen atoms in total. The Morgan fingerprint density at radius 3 is 2.30 bits per heavy atom. The molecule has 0 aromatic heterocycles. The quantitative estimate of drug-likeness (QED) is 0.555. The van der Waals surface area contributed by atoms with Gasteiger partial charge in [0.2, 0.25) is 15.9 Å². The molecule has 0 fully saturated rings. The molecule has 30 heavy (non-hydrogen) atoms. The van der Waals surface area contributed by atoms with Crippen LogP contribution in [0.5, 0.6) is 0 Å². The summed E-state index contributed by atoms with van der Waals surface area (Å²) in [4.78, 5) is 24.0. The minimum absolute atomic E-state index is 0.0486. The second-order valence-electron chi connectivity index (χ2n) is 6.88. The Hall–Kier alpha value is -2.85. The second kappa shape index (κ2) is 10.3. The van der Waals surface area contributed by atoms with Crippen LogP contribution in [0.2, 0.25) is 0 Å². The summed E-state index contributed by atoms with van der Waals surface area (Å²) in [5.41, 5.74) is 0.761. The van der Waals surface area contributed by atoms with Gasteiger partial charge in [0, 0.05) is 18.7 Å². The number of carbonyl (C=O) groups excluding carboxylic acids is 2. The molecule has 0 unspecified atom stereocenters. The lowest BCUT2D eigenvalue weighted by atomic mass is 10.1. The van der Waals surface area contributed by atoms with Gasteiger partial charge in [-0.25, -0.2) is 21.9 Å². The monoisotopic (exact) mass is 439 g/mol. The normalized spacial score (nSPS) is 11.4. The third-order valence-electron chi connectivity index (χ3n) is 3.94. The number of sulfonamides is 1. The Bertz CT molecular complexity index is 1030. The molecule has 0 radical (unpaired) electrons. The predicted molar refractivity (Wildman–Crippen MR) is 108 cm³/mol. The highest BCUT2D eigenvalue weighted by Crippen LogP contribution is 2.13. The Labute approximate surface area is 173 Å². The maximum absolute atomic E-state index is 13.6. The summed E-state index contributed by atoms with van der Waals surface area (Å²) in [6.45, 7) is 3.06. The zero-order valence-electron chi connectivity index (χ0n) is 16.5. The van der Waals surface area contributed by atoms with Crippen molar-refractivity contribution in [3.8, 4) is 0 Å². The van der Waals surface area contributed by atoms with Gasteiger partial charge in [-0.1, -0.05) is 24.3 Å². The van der Waals surface area contributed by atoms with E-state index in [-0.39, 0.29) is 23.9 Å². The maximum atomic E-state index is 13.6. The molecular formula is C20H23F2N3O4S. The molecule has 3 N–H and O–H groups in total. The average molecular weight is 439 g/mol. The number of rotatable bonds is 9. The van der Waals surface area contributed by atoms with E-state index >= 15 is 0 Å². The highest BCUT2D eigenvalue weighted by Gasteiger charge is 2.16. The van der Waals surface area contributed by atoms with E-state index < -0.39 is 40.0 Å². The Morgan fingerprint density at radius 2 is 1.67 bits per heavy atom. The molecule has 162 valence electrons. The molecule has 0 spiro atoms. The summed E-state index contributed by atoms with van der Waals surface area (Å²) < 4.78 is 53.3. The van der Waals surface area contributed by atoms with Crippen molar-refractivity contribution in [3.05, 3.63) is 70.8 Å². The number of halogens is 2. The fourth-order valence-electron chi connectivity index (χ4n) is 2.66. The molecule has 0 aliphatic carbocycles. The van der Waals surface area contributed by atoms with Gasteiger partial charge in [-0.05, 0) is 37.1 Å². The molecule has 2 amide bonds. The van der Waals surface area contributed by atoms with Crippen LogP contribution < -0.4 is 15.4 Å². The first-order valence-corrected chi connectivity index (χ1v) is 10.8. The lowest BCUT2D eigenvalue weighted by Crippen LogP contribution is -2.37. The van der Waals surface area contributed by atoms with Crippen LogP contribution in [0.15, 0.2) is 42.5 Å². The maximum Gasteiger partial charge on any atom is 0.254 e. The van der Waals surface area contributed by atoms with Crippen molar-refractivity contribution in [1.29, 1.82) is 0 Å². The summed E-state index contributed by atoms with van der Waals surface area (Å²) in [7, 11) is -3.54. The standard InChI is InChI=1S/C20H23F2N3O4S/c1-13(2)25-30(28,29)12-15-6-4-3-5-14(15)10-23-19(26)11-24-20(27)17-8-7-16(21)9-18(17)22/h3-9,13,25H,10-12H2,1-2H3,(H,23,26)(H,24,27). The molecule has 0 bridgehead atoms. The molecule has 2 aromatic rings. The minimum Gasteiger partial charge on any atom is -0.350 e. The molecule has 0 saturated carbocycles. The molecule has 0 aliphatic rings. The van der Waals surface area contributed by atoms with Crippen LogP contribution in [0.1, 0.15) is 35.3 Å². The number of carbonyl (C=O) groups is 2. The van der Waals surface area contributed by atoms with Crippen molar-refractivity contribution in [2.45, 2.75) is 32.2 Å². The lowest BCUT2D eigenvalue weighted by molar-refractivity contribution is -0.120. The summed E-state index contributed by atoms with van der Waals surface area (Å²) in [6, 6.07) is 9.02. The van der Waals surface area contributed by atoms with Crippen LogP contribution in [0, 0.1) is 11.6 Å². The highest BCUT2D eigenvalue weighted by molar-refractivity contribution is 7.88. The third kappa shape index (κ3) is 7.20. The lowest BCUT2D eigenvalue weighted by Gasteiger charge is -2.13. The number of hydrogen-bond donors (Lipinski definition) is 3. The van der Waals surface area contributed by atoms with Gasteiger partial charge in [0.05, 0.1) is 17.9 Å². The molecule has 10 heteroatoms. The second-order valence-corrected chi connectivity index (χ2v) is 8.64. The molecule has 2 aromatic carbocycles. The predicted octanol–water partition coefficient (Wildman–Crippen LogP) is 1.84. The summed E-state index contributed by atoms with van der Waals surface area (Å²) >= 11 is 0. The number of benzene rings is 2. The van der Waals surface area contributed by atoms with E-state index in [1.165, 1.54) is 0 Å². The van der Waals surface area contributed by atoms with Gasteiger partial charge < -0.3 is 10.6 Å². The van der Waals surface area contributed by atoms with E-state index in [2.05, 4.69) is 15.4 Å². The van der Waals surface area contributed by atoms with Crippen LogP contribution in [-0.2, 0) is 27.1 Å². The van der Waals surface area contributed by atoms with E-state index in [9.17, 15) is 26.8 Å². The van der Waals surface area contributed by atoms with Crippen LogP contribution >= 0.6 is 0 Å². The zero-order valence-corrected chi connectivity index (χ0v) is 17.4. The molecule has 0 atom stereocenters. The van der Waals surface area contributed by atoms with Crippen molar-refractivity contribution in [3.63, 3.8) is 0 Å². The van der Waals surface area contributed by atoms with E-state index in [0.717, 1.165) is 12.1 Å². The van der Waals surface area contributed by atoms with Crippen LogP contribution in [0.4, 0.5) is 8.78 Å². The molecule has 0 saturated heterocycles. The largest absolute Gasteiger partial charge is 0.350 e. The summed E-state index contributed by atoms with van der Waals surface area (Å²) in [5, 5.41) is 4.82. The van der Waals surface area contributed by atoms with Gasteiger partial charge in [-0.3, -0.25) is 9.59 Å². The topological polar surface area (TPSA) is 104 Å². The molecule has 0 heterocycles. The Kier molecular flexibility index (Phi) is 8.01. The van der Waals surface area contributed by atoms with Gasteiger partial charge in [0.15, 0.2) is 0 Å². The molecule has 0 aliphatic heterocycles. The van der Waals surface area contributed by atoms with Crippen LogP contribution in [0.25, 0.3) is 0 Å². The van der Waals surface area contributed by atoms with E-state index in [1.807, 2.05) is 0 Å². The first kappa shape index (κ1) is 23.4. The summed E-state index contributed by atoms with van der Waals surface area (Å²) in [5.74, 6) is -3.49.